The number of unbranched alkanes of at least 4 members (excludes halogenated alkanes) is 9. The molecule has 11 heteroatoms. The Balaban J connectivity index is 1.44. The van der Waals surface area contributed by atoms with Crippen LogP contribution in [0.4, 0.5) is 5.69 Å². The fraction of sp³-hybridized carbons (Fsp3) is 0.615. The van der Waals surface area contributed by atoms with Crippen LogP contribution in [0.2, 0.25) is 0 Å². The lowest BCUT2D eigenvalue weighted by atomic mass is 9.76. The molecule has 0 radical (unpaired) electrons. The lowest BCUT2D eigenvalue weighted by Gasteiger charge is -2.30. The lowest BCUT2D eigenvalue weighted by molar-refractivity contribution is -0.129. The highest BCUT2D eigenvalue weighted by Crippen LogP contribution is 2.38. The van der Waals surface area contributed by atoms with Crippen LogP contribution in [0.3, 0.4) is 0 Å². The van der Waals surface area contributed by atoms with E-state index in [-0.39, 0.29) is 29.2 Å². The Morgan fingerprint density at radius 2 is 1.58 bits per heavy atom. The largest absolute Gasteiger partial charge is 0.483 e. The first kappa shape index (κ1) is 38.6. The van der Waals surface area contributed by atoms with Gasteiger partial charge in [-0.3, -0.25) is 9.59 Å². The summed E-state index contributed by atoms with van der Waals surface area (Å²) in [4.78, 5) is 26.9. The number of hydrazone groups is 1. The van der Waals surface area contributed by atoms with E-state index in [9.17, 15) is 9.59 Å². The first-order chi connectivity index (χ1) is 24.0. The van der Waals surface area contributed by atoms with Crippen molar-refractivity contribution in [2.45, 2.75) is 142 Å². The zero-order valence-corrected chi connectivity index (χ0v) is 31.3. The first-order valence-electron chi connectivity index (χ1n) is 18.7. The summed E-state index contributed by atoms with van der Waals surface area (Å²) in [5.74, 6) is 0.0659. The second-order valence-electron chi connectivity index (χ2n) is 14.7. The van der Waals surface area contributed by atoms with Gasteiger partial charge >= 0.3 is 0 Å². The SMILES string of the molecule is CCCCCCCCCCCCN1N=C(NC(=O)COc2ccc(C(C)(C)CC)cc2C(C)(C)CC)C(N=Nc2cccc3n[nH]nc23)C1=O. The number of para-hydroxylation sites is 1. The number of hydrogen-bond donors (Lipinski definition) is 2. The summed E-state index contributed by atoms with van der Waals surface area (Å²) in [6, 6.07) is 10.5. The van der Waals surface area contributed by atoms with E-state index < -0.39 is 11.9 Å². The van der Waals surface area contributed by atoms with E-state index in [0.29, 0.717) is 29.0 Å². The zero-order chi connectivity index (χ0) is 36.1. The van der Waals surface area contributed by atoms with Crippen LogP contribution < -0.4 is 10.1 Å². The summed E-state index contributed by atoms with van der Waals surface area (Å²) in [6.45, 7) is 15.7. The van der Waals surface area contributed by atoms with Crippen LogP contribution in [0.25, 0.3) is 11.0 Å². The number of aromatic nitrogens is 3. The molecule has 3 aromatic rings. The standard InChI is InChI=1S/C39H58N8O3/c1-8-11-12-13-14-15-16-17-18-19-25-47-37(49)35(43-41-30-21-20-22-31-34(30)44-46-42-31)36(45-47)40-33(48)27-50-32-24-23-28(38(4,5)9-2)26-29(32)39(6,7)10-3/h20-24,26,35H,8-19,25,27H2,1-7H3,(H,40,45,48)(H,42,44,46). The number of azo groups is 1. The van der Waals surface area contributed by atoms with Gasteiger partial charge in [-0.15, -0.1) is 0 Å². The molecule has 11 nitrogen and oxygen atoms in total. The summed E-state index contributed by atoms with van der Waals surface area (Å²) in [7, 11) is 0. The number of H-pyrrole nitrogens is 1. The number of rotatable bonds is 20. The van der Waals surface area contributed by atoms with Crippen LogP contribution in [0.5, 0.6) is 5.75 Å². The van der Waals surface area contributed by atoms with Gasteiger partial charge in [-0.1, -0.05) is 124 Å². The Labute approximate surface area is 298 Å². The predicted molar refractivity (Wildman–Crippen MR) is 200 cm³/mol. The van der Waals surface area contributed by atoms with Gasteiger partial charge in [0.1, 0.15) is 22.5 Å². The maximum atomic E-state index is 13.6. The van der Waals surface area contributed by atoms with Gasteiger partial charge in [-0.2, -0.15) is 30.7 Å². The van der Waals surface area contributed by atoms with Crippen LogP contribution >= 0.6 is 0 Å². The van der Waals surface area contributed by atoms with Gasteiger partial charge in [0.2, 0.25) is 6.04 Å². The summed E-state index contributed by atoms with van der Waals surface area (Å²) in [6.07, 6.45) is 13.8. The van der Waals surface area contributed by atoms with Gasteiger partial charge in [0.05, 0.1) is 0 Å². The number of amides is 2. The minimum absolute atomic E-state index is 0.0180. The number of benzene rings is 2. The molecule has 50 heavy (non-hydrogen) atoms. The van der Waals surface area contributed by atoms with E-state index in [4.69, 9.17) is 4.74 Å². The fourth-order valence-electron chi connectivity index (χ4n) is 5.98. The van der Waals surface area contributed by atoms with Crippen LogP contribution in [0, 0.1) is 0 Å². The lowest BCUT2D eigenvalue weighted by Crippen LogP contribution is -2.41. The molecule has 1 aliphatic heterocycles. The molecule has 0 saturated heterocycles. The molecule has 2 N–H and O–H groups in total. The van der Waals surface area contributed by atoms with Crippen LogP contribution in [0.15, 0.2) is 51.7 Å². The predicted octanol–water partition coefficient (Wildman–Crippen LogP) is 9.06. The molecule has 0 spiro atoms. The molecule has 1 aromatic heterocycles. The Kier molecular flexibility index (Phi) is 14.1. The Morgan fingerprint density at radius 1 is 0.900 bits per heavy atom. The number of nitrogens with one attached hydrogen (secondary N) is 2. The monoisotopic (exact) mass is 686 g/mol. The van der Waals surface area contributed by atoms with Crippen LogP contribution in [-0.2, 0) is 20.4 Å². The molecule has 0 fully saturated rings. The molecule has 1 atom stereocenters. The van der Waals surface area contributed by atoms with E-state index in [1.54, 1.807) is 12.1 Å². The van der Waals surface area contributed by atoms with E-state index >= 15 is 0 Å². The minimum Gasteiger partial charge on any atom is -0.483 e. The number of amidine groups is 1. The molecule has 4 rings (SSSR count). The van der Waals surface area contributed by atoms with Gasteiger partial charge < -0.3 is 10.1 Å². The molecule has 1 unspecified atom stereocenters. The number of carbonyl (C=O) groups is 2. The first-order valence-corrected chi connectivity index (χ1v) is 18.7. The molecule has 0 saturated carbocycles. The third-order valence-electron chi connectivity index (χ3n) is 10.2. The van der Waals surface area contributed by atoms with E-state index in [1.165, 1.54) is 55.5 Å². The van der Waals surface area contributed by atoms with Crippen molar-refractivity contribution in [1.29, 1.82) is 0 Å². The van der Waals surface area contributed by atoms with Crippen molar-refractivity contribution < 1.29 is 14.3 Å². The average Bonchev–Trinajstić information content (AvgIpc) is 3.71. The molecular weight excluding hydrogens is 628 g/mol. The van der Waals surface area contributed by atoms with E-state index in [2.05, 4.69) is 96.7 Å². The molecular formula is C39H58N8O3. The number of hydrogen-bond acceptors (Lipinski definition) is 8. The Morgan fingerprint density at radius 3 is 2.26 bits per heavy atom. The number of carbonyl (C=O) groups excluding carboxylic acids is 2. The maximum absolute atomic E-state index is 13.6. The van der Waals surface area contributed by atoms with Crippen LogP contribution in [0.1, 0.15) is 137 Å². The van der Waals surface area contributed by atoms with Gasteiger partial charge in [-0.25, -0.2) is 5.01 Å². The topological polar surface area (TPSA) is 137 Å². The normalized spacial score (nSPS) is 15.3. The zero-order valence-electron chi connectivity index (χ0n) is 31.3. The van der Waals surface area contributed by atoms with Crippen molar-refractivity contribution in [2.24, 2.45) is 15.3 Å². The number of fused-ring (bicyclic) bond motifs is 1. The minimum atomic E-state index is -1.09. The van der Waals surface area contributed by atoms with Gasteiger partial charge in [0, 0.05) is 12.1 Å². The summed E-state index contributed by atoms with van der Waals surface area (Å²) >= 11 is 0. The molecule has 0 bridgehead atoms. The average molecular weight is 687 g/mol. The highest BCUT2D eigenvalue weighted by Gasteiger charge is 2.37. The highest BCUT2D eigenvalue weighted by atomic mass is 16.5. The van der Waals surface area contributed by atoms with Gasteiger partial charge in [0.25, 0.3) is 11.8 Å². The third-order valence-corrected chi connectivity index (χ3v) is 10.2. The van der Waals surface area contributed by atoms with Crippen molar-refractivity contribution in [3.8, 4) is 5.75 Å². The van der Waals surface area contributed by atoms with Gasteiger partial charge in [-0.05, 0) is 53.9 Å². The summed E-state index contributed by atoms with van der Waals surface area (Å²) < 4.78 is 6.16. The van der Waals surface area contributed by atoms with Crippen molar-refractivity contribution in [1.82, 2.24) is 25.7 Å². The highest BCUT2D eigenvalue weighted by molar-refractivity contribution is 6.15. The third kappa shape index (κ3) is 10.2. The van der Waals surface area contributed by atoms with Crippen molar-refractivity contribution in [3.05, 3.63) is 47.5 Å². The van der Waals surface area contributed by atoms with Crippen molar-refractivity contribution in [3.63, 3.8) is 0 Å². The van der Waals surface area contributed by atoms with E-state index in [1.807, 2.05) is 12.1 Å². The molecule has 0 aliphatic carbocycles. The number of aromatic amines is 1. The van der Waals surface area contributed by atoms with Crippen molar-refractivity contribution >= 4 is 34.4 Å². The molecule has 2 amide bonds. The maximum Gasteiger partial charge on any atom is 0.277 e. The van der Waals surface area contributed by atoms with Crippen LogP contribution in [-0.4, -0.2) is 57.3 Å². The molecule has 1 aliphatic rings. The quantitative estimate of drug-likeness (QED) is 0.0902. The summed E-state index contributed by atoms with van der Waals surface area (Å²) in [5.41, 5.74) is 3.81. The fourth-order valence-corrected chi connectivity index (χ4v) is 5.98. The second-order valence-corrected chi connectivity index (χ2v) is 14.7. The second kappa shape index (κ2) is 18.2. The Bertz CT molecular complexity index is 1630. The molecule has 2 aromatic carbocycles. The van der Waals surface area contributed by atoms with E-state index in [0.717, 1.165) is 37.7 Å². The number of nitrogens with zero attached hydrogens (tertiary/aromatic N) is 6. The molecule has 272 valence electrons. The van der Waals surface area contributed by atoms with Crippen molar-refractivity contribution in [2.75, 3.05) is 13.2 Å². The molecule has 2 heterocycles. The summed E-state index contributed by atoms with van der Waals surface area (Å²) in [5, 5.41) is 28.3. The Hall–Kier alpha value is -4.15. The number of ether oxygens (including phenoxy) is 1. The smallest absolute Gasteiger partial charge is 0.277 e. The van der Waals surface area contributed by atoms with Gasteiger partial charge in [0.15, 0.2) is 12.4 Å².